The minimum absolute atomic E-state index is 0.00135. The average molecular weight is 349 g/mol. The molecule has 1 heterocycles. The first-order chi connectivity index (χ1) is 8.91. The van der Waals surface area contributed by atoms with Crippen LogP contribution in [0, 0.1) is 0 Å². The maximum Gasteiger partial charge on any atom is 0.326 e. The molecule has 2 atom stereocenters. The van der Waals surface area contributed by atoms with Crippen molar-refractivity contribution in [2.45, 2.75) is 18.6 Å². The largest absolute Gasteiger partial charge is 0.480 e. The van der Waals surface area contributed by atoms with Crippen LogP contribution in [0.3, 0.4) is 0 Å². The first kappa shape index (κ1) is 14.3. The minimum atomic E-state index is -1.13. The van der Waals surface area contributed by atoms with Crippen molar-refractivity contribution in [3.05, 3.63) is 33.3 Å². The van der Waals surface area contributed by atoms with Gasteiger partial charge in [-0.15, -0.1) is 0 Å². The number of β-amino-alcohol motifs (C(OH)–C–C–N with tert-alkyl or cyclic N) is 1. The number of carboxylic acids is 1. The second-order valence-electron chi connectivity index (χ2n) is 4.30. The van der Waals surface area contributed by atoms with Gasteiger partial charge in [0.1, 0.15) is 6.04 Å². The molecule has 19 heavy (non-hydrogen) atoms. The fourth-order valence-electron chi connectivity index (χ4n) is 2.10. The van der Waals surface area contributed by atoms with Gasteiger partial charge >= 0.3 is 5.97 Å². The topological polar surface area (TPSA) is 77.8 Å². The lowest BCUT2D eigenvalue weighted by Crippen LogP contribution is -2.40. The van der Waals surface area contributed by atoms with E-state index in [-0.39, 0.29) is 23.6 Å². The van der Waals surface area contributed by atoms with Gasteiger partial charge in [-0.1, -0.05) is 17.7 Å². The predicted octanol–water partition coefficient (Wildman–Crippen LogP) is 1.76. The van der Waals surface area contributed by atoms with Crippen LogP contribution in [0.1, 0.15) is 16.8 Å². The van der Waals surface area contributed by atoms with Gasteiger partial charge in [0.25, 0.3) is 5.91 Å². The second kappa shape index (κ2) is 5.48. The van der Waals surface area contributed by atoms with Crippen molar-refractivity contribution < 1.29 is 19.8 Å². The van der Waals surface area contributed by atoms with E-state index in [0.717, 1.165) is 4.90 Å². The van der Waals surface area contributed by atoms with Crippen molar-refractivity contribution in [2.75, 3.05) is 6.54 Å². The molecule has 5 nitrogen and oxygen atoms in total. The van der Waals surface area contributed by atoms with E-state index in [4.69, 9.17) is 16.7 Å². The second-order valence-corrected chi connectivity index (χ2v) is 5.53. The van der Waals surface area contributed by atoms with Gasteiger partial charge < -0.3 is 15.1 Å². The highest BCUT2D eigenvalue weighted by Gasteiger charge is 2.39. The van der Waals surface area contributed by atoms with E-state index in [0.29, 0.717) is 4.47 Å². The number of nitrogens with zero attached hydrogens (tertiary/aromatic N) is 1. The molecule has 1 saturated heterocycles. The molecule has 1 aromatic carbocycles. The zero-order chi connectivity index (χ0) is 14.2. The molecule has 0 bridgehead atoms. The number of halogens is 2. The molecule has 0 saturated carbocycles. The molecule has 1 aromatic rings. The Morgan fingerprint density at radius 2 is 2.11 bits per heavy atom. The van der Waals surface area contributed by atoms with Crippen LogP contribution < -0.4 is 0 Å². The molecule has 0 spiro atoms. The molecular weight excluding hydrogens is 337 g/mol. The summed E-state index contributed by atoms with van der Waals surface area (Å²) in [6.07, 6.45) is -0.789. The SMILES string of the molecule is O=C(O)[C@@H]1C[C@H](O)CN1C(=O)c1cccc(Br)c1Cl. The van der Waals surface area contributed by atoms with Gasteiger partial charge in [0.2, 0.25) is 0 Å². The normalized spacial score (nSPS) is 22.6. The molecule has 1 amide bonds. The molecule has 0 radical (unpaired) electrons. The minimum Gasteiger partial charge on any atom is -0.480 e. The lowest BCUT2D eigenvalue weighted by Gasteiger charge is -2.21. The zero-order valence-corrected chi connectivity index (χ0v) is 12.1. The van der Waals surface area contributed by atoms with Gasteiger partial charge in [-0.25, -0.2) is 4.79 Å². The molecule has 1 aliphatic heterocycles. The van der Waals surface area contributed by atoms with E-state index >= 15 is 0 Å². The van der Waals surface area contributed by atoms with E-state index in [1.54, 1.807) is 12.1 Å². The summed E-state index contributed by atoms with van der Waals surface area (Å²) >= 11 is 9.24. The van der Waals surface area contributed by atoms with Crippen molar-refractivity contribution in [1.82, 2.24) is 4.90 Å². The molecule has 0 unspecified atom stereocenters. The maximum absolute atomic E-state index is 12.3. The van der Waals surface area contributed by atoms with Crippen LogP contribution in [0.25, 0.3) is 0 Å². The summed E-state index contributed by atoms with van der Waals surface area (Å²) in [4.78, 5) is 24.6. The Morgan fingerprint density at radius 3 is 2.74 bits per heavy atom. The fraction of sp³-hybridized carbons (Fsp3) is 0.333. The van der Waals surface area contributed by atoms with Crippen molar-refractivity contribution >= 4 is 39.4 Å². The van der Waals surface area contributed by atoms with Gasteiger partial charge in [0.15, 0.2) is 0 Å². The van der Waals surface area contributed by atoms with Crippen molar-refractivity contribution in [2.24, 2.45) is 0 Å². The van der Waals surface area contributed by atoms with Crippen molar-refractivity contribution in [3.8, 4) is 0 Å². The van der Waals surface area contributed by atoms with Crippen LogP contribution >= 0.6 is 27.5 Å². The Kier molecular flexibility index (Phi) is 4.13. The number of carboxylic acid groups (broad SMARTS) is 1. The van der Waals surface area contributed by atoms with Crippen LogP contribution in [0.5, 0.6) is 0 Å². The summed E-state index contributed by atoms with van der Waals surface area (Å²) in [5.74, 6) is -1.62. The Labute approximate surface area is 122 Å². The molecule has 1 fully saturated rings. The van der Waals surface area contributed by atoms with Crippen LogP contribution in [-0.2, 0) is 4.79 Å². The third-order valence-electron chi connectivity index (χ3n) is 3.01. The molecule has 0 aromatic heterocycles. The van der Waals surface area contributed by atoms with Gasteiger partial charge in [-0.3, -0.25) is 4.79 Å². The highest BCUT2D eigenvalue weighted by atomic mass is 79.9. The number of likely N-dealkylation sites (tertiary alicyclic amines) is 1. The first-order valence-corrected chi connectivity index (χ1v) is 6.74. The molecule has 2 rings (SSSR count). The third kappa shape index (κ3) is 2.75. The Balaban J connectivity index is 2.33. The summed E-state index contributed by atoms with van der Waals surface area (Å²) in [6.45, 7) is -0.00135. The highest BCUT2D eigenvalue weighted by Crippen LogP contribution is 2.29. The van der Waals surface area contributed by atoms with Gasteiger partial charge in [0.05, 0.1) is 16.7 Å². The van der Waals surface area contributed by atoms with Crippen LogP contribution in [-0.4, -0.2) is 45.7 Å². The fourth-order valence-corrected chi connectivity index (χ4v) is 2.67. The van der Waals surface area contributed by atoms with Crippen molar-refractivity contribution in [1.29, 1.82) is 0 Å². The summed E-state index contributed by atoms with van der Waals surface area (Å²) in [6, 6.07) is 3.84. The maximum atomic E-state index is 12.3. The lowest BCUT2D eigenvalue weighted by molar-refractivity contribution is -0.141. The Morgan fingerprint density at radius 1 is 1.42 bits per heavy atom. The van der Waals surface area contributed by atoms with E-state index in [1.807, 2.05) is 0 Å². The number of aliphatic carboxylic acids is 1. The zero-order valence-electron chi connectivity index (χ0n) is 9.72. The van der Waals surface area contributed by atoms with Crippen LogP contribution in [0.15, 0.2) is 22.7 Å². The number of hydrogen-bond acceptors (Lipinski definition) is 3. The van der Waals surface area contributed by atoms with Crippen LogP contribution in [0.4, 0.5) is 0 Å². The standard InChI is InChI=1S/C12H11BrClNO4/c13-8-3-1-2-7(10(8)14)11(17)15-5-6(16)4-9(15)12(18)19/h1-3,6,9,16H,4-5H2,(H,18,19)/t6-,9-/m0/s1. The van der Waals surface area contributed by atoms with Crippen molar-refractivity contribution in [3.63, 3.8) is 0 Å². The summed E-state index contributed by atoms with van der Waals surface area (Å²) < 4.78 is 0.562. The van der Waals surface area contributed by atoms with E-state index < -0.39 is 24.0 Å². The molecule has 102 valence electrons. The number of aliphatic hydroxyl groups is 1. The summed E-state index contributed by atoms with van der Waals surface area (Å²) in [5, 5.41) is 18.8. The summed E-state index contributed by atoms with van der Waals surface area (Å²) in [7, 11) is 0. The quantitative estimate of drug-likeness (QED) is 0.854. The third-order valence-corrected chi connectivity index (χ3v) is 4.30. The van der Waals surface area contributed by atoms with Gasteiger partial charge in [-0.05, 0) is 28.1 Å². The number of hydrogen-bond donors (Lipinski definition) is 2. The number of benzene rings is 1. The van der Waals surface area contributed by atoms with Crippen LogP contribution in [0.2, 0.25) is 5.02 Å². The van der Waals surface area contributed by atoms with E-state index in [2.05, 4.69) is 15.9 Å². The van der Waals surface area contributed by atoms with E-state index in [1.165, 1.54) is 6.07 Å². The van der Waals surface area contributed by atoms with Gasteiger partial charge in [-0.2, -0.15) is 0 Å². The number of amides is 1. The van der Waals surface area contributed by atoms with E-state index in [9.17, 15) is 14.7 Å². The Bertz CT molecular complexity index is 536. The number of carbonyl (C=O) groups excluding carboxylic acids is 1. The number of carbonyl (C=O) groups is 2. The molecule has 1 aliphatic rings. The monoisotopic (exact) mass is 347 g/mol. The number of rotatable bonds is 2. The smallest absolute Gasteiger partial charge is 0.326 e. The predicted molar refractivity (Wildman–Crippen MR) is 72.2 cm³/mol. The summed E-state index contributed by atoms with van der Waals surface area (Å²) in [5.41, 5.74) is 0.219. The highest BCUT2D eigenvalue weighted by molar-refractivity contribution is 9.10. The molecule has 7 heteroatoms. The molecular formula is C12H11BrClNO4. The average Bonchev–Trinajstić information content (AvgIpc) is 2.74. The lowest BCUT2D eigenvalue weighted by atomic mass is 10.1. The Hall–Kier alpha value is -1.11. The molecule has 0 aliphatic carbocycles. The van der Waals surface area contributed by atoms with Gasteiger partial charge in [0, 0.05) is 17.4 Å². The number of aliphatic hydroxyl groups excluding tert-OH is 1. The molecule has 2 N–H and O–H groups in total. The first-order valence-electron chi connectivity index (χ1n) is 5.57.